The van der Waals surface area contributed by atoms with E-state index in [4.69, 9.17) is 5.11 Å². The van der Waals surface area contributed by atoms with E-state index in [1.165, 1.54) is 12.1 Å². The van der Waals surface area contributed by atoms with E-state index in [0.717, 1.165) is 0 Å². The van der Waals surface area contributed by atoms with Gasteiger partial charge in [-0.05, 0) is 24.6 Å². The van der Waals surface area contributed by atoms with Gasteiger partial charge in [0.25, 0.3) is 0 Å². The number of fused-ring (bicyclic) bond motifs is 1. The maximum absolute atomic E-state index is 11.9. The third kappa shape index (κ3) is 2.66. The lowest BCUT2D eigenvalue weighted by Crippen LogP contribution is -2.29. The lowest BCUT2D eigenvalue weighted by atomic mass is 10.2. The first-order valence-corrected chi connectivity index (χ1v) is 6.72. The minimum Gasteiger partial charge on any atom is -0.480 e. The van der Waals surface area contributed by atoms with Crippen molar-refractivity contribution < 1.29 is 18.3 Å². The quantitative estimate of drug-likeness (QED) is 0.602. The summed E-state index contributed by atoms with van der Waals surface area (Å²) in [5.41, 5.74) is 0.786. The second-order valence-corrected chi connectivity index (χ2v) is 5.70. The molecule has 0 fully saturated rings. The van der Waals surface area contributed by atoms with E-state index in [1.807, 2.05) is 4.72 Å². The standard InChI is InChI=1S/C10H11N3O5S/c1-5-2-6-7(13-10(16)12-6)3-8(5)19(17,18)11-4-9(14)15/h2-3,11H,4H2,1H3,(H,14,15)(H2,12,13,16). The number of aromatic nitrogens is 2. The Morgan fingerprint density at radius 2 is 1.89 bits per heavy atom. The first-order valence-electron chi connectivity index (χ1n) is 5.24. The fourth-order valence-electron chi connectivity index (χ4n) is 1.69. The SMILES string of the molecule is Cc1cc2[nH]c(=O)[nH]c2cc1S(=O)(=O)NCC(=O)O. The van der Waals surface area contributed by atoms with Crippen molar-refractivity contribution in [1.82, 2.24) is 14.7 Å². The first kappa shape index (κ1) is 13.3. The number of carbonyl (C=O) groups is 1. The topological polar surface area (TPSA) is 132 Å². The molecule has 0 amide bonds. The molecule has 0 aliphatic carbocycles. The van der Waals surface area contributed by atoms with E-state index in [-0.39, 0.29) is 4.90 Å². The highest BCUT2D eigenvalue weighted by Crippen LogP contribution is 2.19. The van der Waals surface area contributed by atoms with Crippen molar-refractivity contribution in [1.29, 1.82) is 0 Å². The summed E-state index contributed by atoms with van der Waals surface area (Å²) in [7, 11) is -3.93. The normalized spacial score (nSPS) is 11.8. The number of nitrogens with one attached hydrogen (secondary N) is 3. The molecular weight excluding hydrogens is 274 g/mol. The molecule has 9 heteroatoms. The van der Waals surface area contributed by atoms with E-state index in [9.17, 15) is 18.0 Å². The van der Waals surface area contributed by atoms with Crippen LogP contribution in [0.5, 0.6) is 0 Å². The van der Waals surface area contributed by atoms with Gasteiger partial charge in [-0.3, -0.25) is 4.79 Å². The lowest BCUT2D eigenvalue weighted by Gasteiger charge is -2.07. The number of imidazole rings is 1. The average Bonchev–Trinajstić information content (AvgIpc) is 2.64. The number of benzene rings is 1. The summed E-state index contributed by atoms with van der Waals surface area (Å²) in [6, 6.07) is 2.79. The predicted molar refractivity (Wildman–Crippen MR) is 66.5 cm³/mol. The zero-order chi connectivity index (χ0) is 14.2. The van der Waals surface area contributed by atoms with Gasteiger partial charge >= 0.3 is 11.7 Å². The number of hydrogen-bond donors (Lipinski definition) is 4. The van der Waals surface area contributed by atoms with Gasteiger partial charge in [-0.2, -0.15) is 4.72 Å². The van der Waals surface area contributed by atoms with Crippen LogP contribution in [0.2, 0.25) is 0 Å². The number of aliphatic carboxylic acids is 1. The number of carboxylic acid groups (broad SMARTS) is 1. The van der Waals surface area contributed by atoms with Crippen LogP contribution >= 0.6 is 0 Å². The molecule has 0 unspecified atom stereocenters. The summed E-state index contributed by atoms with van der Waals surface area (Å²) < 4.78 is 25.8. The van der Waals surface area contributed by atoms with Crippen molar-refractivity contribution in [2.75, 3.05) is 6.54 Å². The van der Waals surface area contributed by atoms with Crippen molar-refractivity contribution in [3.8, 4) is 0 Å². The Morgan fingerprint density at radius 1 is 1.32 bits per heavy atom. The number of carboxylic acids is 1. The molecule has 0 aliphatic heterocycles. The Morgan fingerprint density at radius 3 is 2.47 bits per heavy atom. The maximum Gasteiger partial charge on any atom is 0.323 e. The fourth-order valence-corrected chi connectivity index (χ4v) is 2.92. The van der Waals surface area contributed by atoms with Gasteiger partial charge in [0, 0.05) is 0 Å². The molecule has 4 N–H and O–H groups in total. The van der Waals surface area contributed by atoms with Crippen LogP contribution in [-0.4, -0.2) is 36.0 Å². The summed E-state index contributed by atoms with van der Waals surface area (Å²) in [4.78, 5) is 26.4. The maximum atomic E-state index is 11.9. The minimum atomic E-state index is -3.93. The zero-order valence-corrected chi connectivity index (χ0v) is 10.7. The molecule has 0 saturated heterocycles. The lowest BCUT2D eigenvalue weighted by molar-refractivity contribution is -0.135. The third-order valence-electron chi connectivity index (χ3n) is 2.51. The molecule has 102 valence electrons. The van der Waals surface area contributed by atoms with Crippen LogP contribution in [0.4, 0.5) is 0 Å². The number of sulfonamides is 1. The molecule has 0 saturated carbocycles. The number of aryl methyl sites for hydroxylation is 1. The molecule has 2 aromatic rings. The molecule has 2 rings (SSSR count). The van der Waals surface area contributed by atoms with Crippen LogP contribution in [0, 0.1) is 6.92 Å². The van der Waals surface area contributed by atoms with Crippen LogP contribution in [0.25, 0.3) is 11.0 Å². The van der Waals surface area contributed by atoms with Crippen molar-refractivity contribution in [2.24, 2.45) is 0 Å². The molecule has 1 aromatic carbocycles. The van der Waals surface area contributed by atoms with Crippen LogP contribution in [-0.2, 0) is 14.8 Å². The molecule has 0 bridgehead atoms. The summed E-state index contributed by atoms with van der Waals surface area (Å²) in [5.74, 6) is -1.28. The van der Waals surface area contributed by atoms with Gasteiger partial charge in [0.15, 0.2) is 0 Å². The van der Waals surface area contributed by atoms with Crippen molar-refractivity contribution in [3.63, 3.8) is 0 Å². The van der Waals surface area contributed by atoms with E-state index in [0.29, 0.717) is 16.6 Å². The van der Waals surface area contributed by atoms with Crippen LogP contribution in [0.15, 0.2) is 21.8 Å². The summed E-state index contributed by atoms with van der Waals surface area (Å²) in [6.45, 7) is 0.851. The predicted octanol–water partition coefficient (Wildman–Crippen LogP) is -0.472. The molecule has 0 atom stereocenters. The molecular formula is C10H11N3O5S. The van der Waals surface area contributed by atoms with Gasteiger partial charge in [0.05, 0.1) is 15.9 Å². The number of hydrogen-bond acceptors (Lipinski definition) is 4. The number of H-pyrrole nitrogens is 2. The monoisotopic (exact) mass is 285 g/mol. The Balaban J connectivity index is 2.52. The number of aromatic amines is 2. The van der Waals surface area contributed by atoms with Gasteiger partial charge in [-0.15, -0.1) is 0 Å². The van der Waals surface area contributed by atoms with E-state index in [2.05, 4.69) is 9.97 Å². The van der Waals surface area contributed by atoms with Gasteiger partial charge in [0.1, 0.15) is 6.54 Å². The summed E-state index contributed by atoms with van der Waals surface area (Å²) in [6.07, 6.45) is 0. The van der Waals surface area contributed by atoms with Crippen LogP contribution in [0.1, 0.15) is 5.56 Å². The zero-order valence-electron chi connectivity index (χ0n) is 9.85. The van der Waals surface area contributed by atoms with E-state index in [1.54, 1.807) is 6.92 Å². The minimum absolute atomic E-state index is 0.0727. The highest BCUT2D eigenvalue weighted by atomic mass is 32.2. The smallest absolute Gasteiger partial charge is 0.323 e. The molecule has 0 aliphatic rings. The molecule has 1 heterocycles. The summed E-state index contributed by atoms with van der Waals surface area (Å²) in [5, 5.41) is 8.49. The molecule has 1 aromatic heterocycles. The Hall–Kier alpha value is -2.13. The Bertz CT molecular complexity index is 802. The third-order valence-corrected chi connectivity index (χ3v) is 4.06. The van der Waals surface area contributed by atoms with Crippen molar-refractivity contribution in [2.45, 2.75) is 11.8 Å². The van der Waals surface area contributed by atoms with E-state index >= 15 is 0 Å². The van der Waals surface area contributed by atoms with Crippen LogP contribution in [0.3, 0.4) is 0 Å². The molecule has 0 spiro atoms. The van der Waals surface area contributed by atoms with Gasteiger partial charge in [-0.1, -0.05) is 0 Å². The Kier molecular flexibility index (Phi) is 3.16. The van der Waals surface area contributed by atoms with Gasteiger partial charge in [0.2, 0.25) is 10.0 Å². The second kappa shape index (κ2) is 4.52. The molecule has 19 heavy (non-hydrogen) atoms. The second-order valence-electron chi connectivity index (χ2n) is 3.96. The number of rotatable bonds is 4. The van der Waals surface area contributed by atoms with Crippen LogP contribution < -0.4 is 10.4 Å². The average molecular weight is 285 g/mol. The molecule has 0 radical (unpaired) electrons. The van der Waals surface area contributed by atoms with Crippen molar-refractivity contribution in [3.05, 3.63) is 28.2 Å². The van der Waals surface area contributed by atoms with Crippen molar-refractivity contribution >= 4 is 27.0 Å². The summed E-state index contributed by atoms with van der Waals surface area (Å²) >= 11 is 0. The van der Waals surface area contributed by atoms with Gasteiger partial charge in [-0.25, -0.2) is 13.2 Å². The first-order chi connectivity index (χ1) is 8.79. The molecule has 8 nitrogen and oxygen atoms in total. The largest absolute Gasteiger partial charge is 0.480 e. The van der Waals surface area contributed by atoms with Gasteiger partial charge < -0.3 is 15.1 Å². The highest BCUT2D eigenvalue weighted by Gasteiger charge is 2.19. The fraction of sp³-hybridized carbons (Fsp3) is 0.200. The Labute approximate surface area is 107 Å². The highest BCUT2D eigenvalue weighted by molar-refractivity contribution is 7.89. The van der Waals surface area contributed by atoms with E-state index < -0.39 is 28.2 Å².